The third-order valence-electron chi connectivity index (χ3n) is 8.23. The Balaban J connectivity index is 1.62. The minimum absolute atomic E-state index is 0.0591. The van der Waals surface area contributed by atoms with Gasteiger partial charge in [0.05, 0.1) is 163 Å². The van der Waals surface area contributed by atoms with Crippen LogP contribution in [0.15, 0.2) is 35.2 Å². The van der Waals surface area contributed by atoms with Crippen LogP contribution in [-0.4, -0.2) is 174 Å². The monoisotopic (exact) mass is 855 g/mol. The smallest absolute Gasteiger partial charge is 0.297 e. The van der Waals surface area contributed by atoms with Crippen LogP contribution in [0.25, 0.3) is 0 Å². The molecule has 0 radical (unpaired) electrons. The van der Waals surface area contributed by atoms with Gasteiger partial charge in [0.2, 0.25) is 0 Å². The van der Waals surface area contributed by atoms with Crippen molar-refractivity contribution in [3.63, 3.8) is 0 Å². The molecule has 0 aliphatic rings. The molecular weight excluding hydrogens is 777 g/mol. The first-order valence-corrected chi connectivity index (χ1v) is 22.9. The molecule has 0 saturated carbocycles. The Kier molecular flexibility index (Phi) is 42.6. The average molecular weight is 855 g/mol. The molecule has 0 bridgehead atoms. The van der Waals surface area contributed by atoms with Crippen LogP contribution >= 0.6 is 0 Å². The van der Waals surface area contributed by atoms with Crippen molar-refractivity contribution in [3.8, 4) is 0 Å². The van der Waals surface area contributed by atoms with Gasteiger partial charge < -0.3 is 56.8 Å². The summed E-state index contributed by atoms with van der Waals surface area (Å²) in [6.07, 6.45) is 13.4. The summed E-state index contributed by atoms with van der Waals surface area (Å²) < 4.78 is 94.9. The van der Waals surface area contributed by atoms with E-state index in [-0.39, 0.29) is 18.1 Å². The number of hydrogen-bond acceptors (Lipinski definition) is 15. The van der Waals surface area contributed by atoms with Crippen molar-refractivity contribution in [2.45, 2.75) is 76.0 Å². The maximum absolute atomic E-state index is 12.0. The number of hydrogen-bond donors (Lipinski definition) is 0. The molecule has 1 aromatic rings. The van der Waals surface area contributed by atoms with Crippen LogP contribution in [0.1, 0.15) is 71.1 Å². The van der Waals surface area contributed by atoms with Gasteiger partial charge in [-0.15, -0.1) is 0 Å². The Morgan fingerprint density at radius 3 is 0.845 bits per heavy atom. The number of unbranched alkanes of at least 4 members (excludes halogenated alkanes) is 9. The lowest BCUT2D eigenvalue weighted by molar-refractivity contribution is -0.0285. The summed E-state index contributed by atoms with van der Waals surface area (Å²) in [5, 5.41) is 0. The molecule has 1 rings (SSSR count). The summed E-state index contributed by atoms with van der Waals surface area (Å²) in [5.41, 5.74) is 0. The minimum Gasteiger partial charge on any atom is -0.379 e. The first kappa shape index (κ1) is 54.7. The Hall–Kier alpha value is -1.35. The lowest BCUT2D eigenvalue weighted by atomic mass is 10.1. The highest BCUT2D eigenvalue weighted by Gasteiger charge is 2.13. The fourth-order valence-electron chi connectivity index (χ4n) is 5.07. The lowest BCUT2D eigenvalue weighted by Gasteiger charge is -2.09. The van der Waals surface area contributed by atoms with Crippen LogP contribution in [0.5, 0.6) is 0 Å². The van der Waals surface area contributed by atoms with E-state index in [4.69, 9.17) is 61.0 Å². The topological polar surface area (TPSA) is 154 Å². The predicted molar refractivity (Wildman–Crippen MR) is 221 cm³/mol. The zero-order chi connectivity index (χ0) is 41.6. The van der Waals surface area contributed by atoms with Crippen molar-refractivity contribution in [3.05, 3.63) is 30.3 Å². The summed E-state index contributed by atoms with van der Waals surface area (Å²) in [5.74, 6) is 0. The zero-order valence-corrected chi connectivity index (χ0v) is 36.5. The third-order valence-corrected chi connectivity index (χ3v) is 9.56. The van der Waals surface area contributed by atoms with Crippen molar-refractivity contribution in [2.75, 3.05) is 165 Å². The van der Waals surface area contributed by atoms with Crippen LogP contribution in [0.3, 0.4) is 0 Å². The van der Waals surface area contributed by atoms with Gasteiger partial charge in [0.25, 0.3) is 10.1 Å². The largest absolute Gasteiger partial charge is 0.379 e. The molecule has 0 aliphatic carbocycles. The second-order valence-electron chi connectivity index (χ2n) is 13.1. The van der Waals surface area contributed by atoms with Gasteiger partial charge in [-0.25, -0.2) is 0 Å². The summed E-state index contributed by atoms with van der Waals surface area (Å²) in [6.45, 7) is 14.0. The van der Waals surface area contributed by atoms with Gasteiger partial charge >= 0.3 is 0 Å². The molecule has 0 spiro atoms. The van der Waals surface area contributed by atoms with Crippen LogP contribution in [0, 0.1) is 0 Å². The van der Waals surface area contributed by atoms with Gasteiger partial charge in [-0.1, -0.05) is 82.9 Å². The molecule has 1 aromatic carbocycles. The Morgan fingerprint density at radius 2 is 0.552 bits per heavy atom. The van der Waals surface area contributed by atoms with Gasteiger partial charge in [-0.3, -0.25) is 4.18 Å². The van der Waals surface area contributed by atoms with E-state index in [1.807, 2.05) is 0 Å². The summed E-state index contributed by atoms with van der Waals surface area (Å²) in [6, 6.07) is 7.99. The molecule has 0 amide bonds. The highest BCUT2D eigenvalue weighted by Crippen LogP contribution is 2.11. The van der Waals surface area contributed by atoms with E-state index in [0.29, 0.717) is 145 Å². The molecule has 0 heterocycles. The first-order chi connectivity index (χ1) is 28.7. The van der Waals surface area contributed by atoms with Crippen molar-refractivity contribution in [1.29, 1.82) is 0 Å². The average Bonchev–Trinajstić information content (AvgIpc) is 3.23. The van der Waals surface area contributed by atoms with Gasteiger partial charge in [0.15, 0.2) is 0 Å². The SMILES string of the molecule is CCCCCCCCCCCCOCCOCCOCCOCCOCCOCCOCCOCCOCCOCCOCCOCCOS(=O)(=O)c1ccccc1. The fraction of sp³-hybridized carbons (Fsp3) is 0.857. The maximum atomic E-state index is 12.0. The molecular formula is C42H78O15S. The van der Waals surface area contributed by atoms with Gasteiger partial charge in [-0.05, 0) is 18.6 Å². The maximum Gasteiger partial charge on any atom is 0.297 e. The third kappa shape index (κ3) is 40.1. The molecule has 0 fully saturated rings. The molecule has 0 N–H and O–H groups in total. The normalized spacial score (nSPS) is 11.9. The molecule has 342 valence electrons. The zero-order valence-electron chi connectivity index (χ0n) is 35.7. The van der Waals surface area contributed by atoms with Gasteiger partial charge in [0.1, 0.15) is 0 Å². The van der Waals surface area contributed by atoms with Crippen LogP contribution in [-0.2, 0) is 71.1 Å². The van der Waals surface area contributed by atoms with Crippen LogP contribution in [0.2, 0.25) is 0 Å². The summed E-state index contributed by atoms with van der Waals surface area (Å²) >= 11 is 0. The van der Waals surface area contributed by atoms with E-state index < -0.39 is 10.1 Å². The van der Waals surface area contributed by atoms with E-state index in [2.05, 4.69) is 6.92 Å². The molecule has 0 saturated heterocycles. The van der Waals surface area contributed by atoms with Gasteiger partial charge in [-0.2, -0.15) is 8.42 Å². The molecule has 0 atom stereocenters. The number of benzene rings is 1. The molecule has 58 heavy (non-hydrogen) atoms. The first-order valence-electron chi connectivity index (χ1n) is 21.5. The summed E-state index contributed by atoms with van der Waals surface area (Å²) in [7, 11) is -3.76. The second kappa shape index (κ2) is 45.2. The van der Waals surface area contributed by atoms with Gasteiger partial charge in [0, 0.05) is 6.61 Å². The highest BCUT2D eigenvalue weighted by molar-refractivity contribution is 7.86. The van der Waals surface area contributed by atoms with E-state index in [9.17, 15) is 8.42 Å². The van der Waals surface area contributed by atoms with E-state index in [0.717, 1.165) is 13.0 Å². The van der Waals surface area contributed by atoms with Crippen molar-refractivity contribution in [1.82, 2.24) is 0 Å². The Labute approximate surface area is 350 Å². The molecule has 16 heteroatoms. The Bertz CT molecular complexity index is 1040. The highest BCUT2D eigenvalue weighted by atomic mass is 32.2. The Morgan fingerprint density at radius 1 is 0.310 bits per heavy atom. The number of rotatable bonds is 49. The van der Waals surface area contributed by atoms with Crippen LogP contribution < -0.4 is 0 Å². The quantitative estimate of drug-likeness (QED) is 0.0597. The van der Waals surface area contributed by atoms with Crippen molar-refractivity contribution in [2.24, 2.45) is 0 Å². The van der Waals surface area contributed by atoms with Crippen molar-refractivity contribution >= 4 is 10.1 Å². The van der Waals surface area contributed by atoms with E-state index in [1.165, 1.54) is 69.9 Å². The minimum atomic E-state index is -3.76. The number of ether oxygens (including phenoxy) is 12. The molecule has 0 aromatic heterocycles. The standard InChI is InChI=1S/C42H78O15S/c1-2-3-4-5-6-7-8-9-10-14-17-45-18-19-46-20-21-47-22-23-48-24-25-49-26-27-50-28-29-51-30-31-52-32-33-53-34-35-54-36-37-55-38-39-56-40-41-57-58(43,44)42-15-12-11-13-16-42/h11-13,15-16H,2-10,14,17-41H2,1H3. The van der Waals surface area contributed by atoms with E-state index in [1.54, 1.807) is 18.2 Å². The summed E-state index contributed by atoms with van der Waals surface area (Å²) in [4.78, 5) is 0.121. The molecule has 0 unspecified atom stereocenters. The lowest BCUT2D eigenvalue weighted by Crippen LogP contribution is -2.16. The molecule has 0 aliphatic heterocycles. The van der Waals surface area contributed by atoms with E-state index >= 15 is 0 Å². The van der Waals surface area contributed by atoms with Crippen LogP contribution in [0.4, 0.5) is 0 Å². The predicted octanol–water partition coefficient (Wildman–Crippen LogP) is 5.51. The second-order valence-corrected chi connectivity index (χ2v) is 14.7. The van der Waals surface area contributed by atoms with Crippen molar-refractivity contribution < 1.29 is 69.4 Å². The molecule has 15 nitrogen and oxygen atoms in total. The fourth-order valence-corrected chi connectivity index (χ4v) is 5.98.